The zero-order valence-corrected chi connectivity index (χ0v) is 26.9. The van der Waals surface area contributed by atoms with Crippen LogP contribution in [0.15, 0.2) is 54.7 Å². The van der Waals surface area contributed by atoms with Gasteiger partial charge in [-0.25, -0.2) is 4.98 Å². The smallest absolute Gasteiger partial charge is 0.218 e. The first-order chi connectivity index (χ1) is 21.2. The number of aromatic nitrogens is 2. The summed E-state index contributed by atoms with van der Waals surface area (Å²) in [5, 5.41) is 23.6. The molecule has 0 bridgehead atoms. The molecule has 0 amide bonds. The molecule has 0 spiro atoms. The summed E-state index contributed by atoms with van der Waals surface area (Å²) >= 11 is 14.1. The Morgan fingerprint density at radius 1 is 0.955 bits per heavy atom. The maximum Gasteiger partial charge on any atom is 0.218 e. The highest BCUT2D eigenvalue weighted by Crippen LogP contribution is 2.43. The lowest BCUT2D eigenvalue weighted by Gasteiger charge is -2.31. The second kappa shape index (κ2) is 14.2. The van der Waals surface area contributed by atoms with Gasteiger partial charge in [-0.15, -0.1) is 0 Å². The third-order valence-corrected chi connectivity index (χ3v) is 8.53. The fourth-order valence-electron chi connectivity index (χ4n) is 5.67. The summed E-state index contributed by atoms with van der Waals surface area (Å²) in [6.07, 6.45) is 1.74. The molecule has 0 aliphatic carbocycles. The van der Waals surface area contributed by atoms with Gasteiger partial charge in [0.2, 0.25) is 5.88 Å². The van der Waals surface area contributed by atoms with Gasteiger partial charge in [0.1, 0.15) is 5.75 Å². The van der Waals surface area contributed by atoms with Crippen molar-refractivity contribution in [2.24, 2.45) is 0 Å². The standard InChI is InChI=1S/C34H38Cl2N4O4/c1-20(41)16-37-17-23-8-9-29(39-34(23)44-4)27-7-5-6-25(31(27)35)26-10-12-38-33(32(26)36)24-14-22-11-13-40(18-21(2)42)19-28(22)30(15-24)43-3/h5-10,12,14-15,20-21,37,41-42H,11,13,16-19H2,1-4H3/t20-,21+/m1/s1. The summed E-state index contributed by atoms with van der Waals surface area (Å²) in [4.78, 5) is 11.6. The Hall–Kier alpha value is -3.24. The monoisotopic (exact) mass is 636 g/mol. The van der Waals surface area contributed by atoms with E-state index in [-0.39, 0.29) is 0 Å². The van der Waals surface area contributed by atoms with Crippen LogP contribution in [0.5, 0.6) is 11.6 Å². The first kappa shape index (κ1) is 32.2. The van der Waals surface area contributed by atoms with E-state index in [4.69, 9.17) is 37.7 Å². The average molecular weight is 638 g/mol. The Labute approximate surface area is 268 Å². The number of nitrogens with zero attached hydrogens (tertiary/aromatic N) is 3. The minimum Gasteiger partial charge on any atom is -0.496 e. The predicted molar refractivity (Wildman–Crippen MR) is 176 cm³/mol. The van der Waals surface area contributed by atoms with Gasteiger partial charge < -0.3 is 25.0 Å². The van der Waals surface area contributed by atoms with Crippen LogP contribution in [0.1, 0.15) is 30.5 Å². The van der Waals surface area contributed by atoms with Gasteiger partial charge in [-0.05, 0) is 50.1 Å². The third-order valence-electron chi connectivity index (χ3n) is 7.74. The van der Waals surface area contributed by atoms with Crippen LogP contribution in [0, 0.1) is 0 Å². The van der Waals surface area contributed by atoms with Crippen molar-refractivity contribution in [1.29, 1.82) is 0 Å². The largest absolute Gasteiger partial charge is 0.496 e. The summed E-state index contributed by atoms with van der Waals surface area (Å²) < 4.78 is 11.4. The van der Waals surface area contributed by atoms with Crippen LogP contribution >= 0.6 is 23.2 Å². The van der Waals surface area contributed by atoms with Crippen LogP contribution in [0.2, 0.25) is 10.0 Å². The SMILES string of the molecule is COc1cc(-c2nccc(-c3cccc(-c4ccc(CNC[C@@H](C)O)c(OC)n4)c3Cl)c2Cl)cc2c1CN(C[C@H](C)O)CC2. The van der Waals surface area contributed by atoms with Crippen LogP contribution < -0.4 is 14.8 Å². The molecule has 0 saturated carbocycles. The van der Waals surface area contributed by atoms with E-state index in [0.29, 0.717) is 53.5 Å². The summed E-state index contributed by atoms with van der Waals surface area (Å²) in [7, 11) is 3.26. The quantitative estimate of drug-likeness (QED) is 0.184. The summed E-state index contributed by atoms with van der Waals surface area (Å²) in [6.45, 7) is 6.70. The first-order valence-electron chi connectivity index (χ1n) is 14.7. The fraction of sp³-hybridized carbons (Fsp3) is 0.353. The average Bonchev–Trinajstić information content (AvgIpc) is 3.00. The van der Waals surface area contributed by atoms with Gasteiger partial charge in [0, 0.05) is 72.3 Å². The van der Waals surface area contributed by atoms with Crippen LogP contribution in [-0.2, 0) is 19.5 Å². The number of hydrogen-bond acceptors (Lipinski definition) is 8. The molecule has 0 unspecified atom stereocenters. The van der Waals surface area contributed by atoms with E-state index in [2.05, 4.69) is 21.3 Å². The predicted octanol–water partition coefficient (Wildman–Crippen LogP) is 6.01. The molecule has 0 saturated heterocycles. The molecule has 0 fully saturated rings. The molecule has 44 heavy (non-hydrogen) atoms. The van der Waals surface area contributed by atoms with Crippen molar-refractivity contribution >= 4 is 23.2 Å². The number of aliphatic hydroxyl groups is 2. The molecule has 5 rings (SSSR count). The van der Waals surface area contributed by atoms with Crippen LogP contribution in [0.3, 0.4) is 0 Å². The van der Waals surface area contributed by atoms with Crippen molar-refractivity contribution in [3.63, 3.8) is 0 Å². The van der Waals surface area contributed by atoms with Crippen molar-refractivity contribution in [2.45, 2.75) is 45.6 Å². The molecule has 1 aliphatic heterocycles. The summed E-state index contributed by atoms with van der Waals surface area (Å²) in [6, 6.07) is 15.6. The number of ether oxygens (including phenoxy) is 2. The Balaban J connectivity index is 1.48. The number of aliphatic hydroxyl groups excluding tert-OH is 2. The van der Waals surface area contributed by atoms with Gasteiger partial charge in [0.15, 0.2) is 0 Å². The second-order valence-electron chi connectivity index (χ2n) is 11.2. The Morgan fingerprint density at radius 3 is 2.45 bits per heavy atom. The van der Waals surface area contributed by atoms with E-state index in [0.717, 1.165) is 52.1 Å². The second-order valence-corrected chi connectivity index (χ2v) is 11.9. The van der Waals surface area contributed by atoms with Crippen molar-refractivity contribution in [3.05, 3.63) is 81.5 Å². The molecular formula is C34H38Cl2N4O4. The van der Waals surface area contributed by atoms with Crippen molar-refractivity contribution in [3.8, 4) is 45.3 Å². The third kappa shape index (κ3) is 7.01. The number of methoxy groups -OCH3 is 2. The molecule has 2 aromatic carbocycles. The number of rotatable bonds is 11. The zero-order valence-electron chi connectivity index (χ0n) is 25.4. The minimum atomic E-state index is -0.447. The lowest BCUT2D eigenvalue weighted by molar-refractivity contribution is 0.118. The molecule has 3 heterocycles. The number of fused-ring (bicyclic) bond motifs is 1. The van der Waals surface area contributed by atoms with E-state index in [1.807, 2.05) is 49.4 Å². The molecule has 8 nitrogen and oxygen atoms in total. The molecule has 0 radical (unpaired) electrons. The van der Waals surface area contributed by atoms with Crippen molar-refractivity contribution in [2.75, 3.05) is 33.9 Å². The molecule has 3 N–H and O–H groups in total. The van der Waals surface area contributed by atoms with Gasteiger partial charge >= 0.3 is 0 Å². The lowest BCUT2D eigenvalue weighted by atomic mass is 9.93. The summed E-state index contributed by atoms with van der Waals surface area (Å²) in [5.74, 6) is 1.27. The first-order valence-corrected chi connectivity index (χ1v) is 15.4. The van der Waals surface area contributed by atoms with E-state index >= 15 is 0 Å². The number of nitrogens with one attached hydrogen (secondary N) is 1. The van der Waals surface area contributed by atoms with Crippen molar-refractivity contribution in [1.82, 2.24) is 20.2 Å². The van der Waals surface area contributed by atoms with Crippen LogP contribution in [0.4, 0.5) is 0 Å². The number of benzene rings is 2. The van der Waals surface area contributed by atoms with Gasteiger partial charge in [-0.2, -0.15) is 0 Å². The normalized spacial score (nSPS) is 14.6. The van der Waals surface area contributed by atoms with E-state index in [9.17, 15) is 10.2 Å². The minimum absolute atomic E-state index is 0.390. The molecule has 1 aliphatic rings. The molecular weight excluding hydrogens is 599 g/mol. The number of halogens is 2. The van der Waals surface area contributed by atoms with E-state index < -0.39 is 12.2 Å². The lowest BCUT2D eigenvalue weighted by Crippen LogP contribution is -2.35. The van der Waals surface area contributed by atoms with Gasteiger partial charge in [0.05, 0.1) is 47.9 Å². The van der Waals surface area contributed by atoms with E-state index in [1.165, 1.54) is 5.56 Å². The highest BCUT2D eigenvalue weighted by atomic mass is 35.5. The Kier molecular flexibility index (Phi) is 10.4. The van der Waals surface area contributed by atoms with Gasteiger partial charge in [0.25, 0.3) is 0 Å². The van der Waals surface area contributed by atoms with Gasteiger partial charge in [-0.1, -0.05) is 47.5 Å². The van der Waals surface area contributed by atoms with Crippen molar-refractivity contribution < 1.29 is 19.7 Å². The highest BCUT2D eigenvalue weighted by molar-refractivity contribution is 6.39. The molecule has 4 aromatic rings. The maximum absolute atomic E-state index is 9.88. The zero-order chi connectivity index (χ0) is 31.4. The summed E-state index contributed by atoms with van der Waals surface area (Å²) in [5.41, 5.74) is 7.64. The maximum atomic E-state index is 9.88. The Bertz CT molecular complexity index is 1610. The molecule has 2 aromatic heterocycles. The van der Waals surface area contributed by atoms with Crippen LogP contribution in [0.25, 0.3) is 33.6 Å². The van der Waals surface area contributed by atoms with E-state index in [1.54, 1.807) is 27.3 Å². The topological polar surface area (TPSA) is 100.0 Å². The number of pyridine rings is 2. The Morgan fingerprint density at radius 2 is 1.73 bits per heavy atom. The molecule has 2 atom stereocenters. The molecule has 232 valence electrons. The van der Waals surface area contributed by atoms with Crippen LogP contribution in [-0.4, -0.2) is 71.1 Å². The highest BCUT2D eigenvalue weighted by Gasteiger charge is 2.24. The molecule has 10 heteroatoms. The van der Waals surface area contributed by atoms with Gasteiger partial charge in [-0.3, -0.25) is 9.88 Å². The fourth-order valence-corrected chi connectivity index (χ4v) is 6.32. The number of β-amino-alcohol motifs (C(OH)–C–C–N with tert-alkyl or cyclic N) is 1. The number of hydrogen-bond donors (Lipinski definition) is 3.